The quantitative estimate of drug-likeness (QED) is 0.361. The van der Waals surface area contributed by atoms with E-state index in [9.17, 15) is 10.1 Å². The number of hydrogen-bond acceptors (Lipinski definition) is 3. The van der Waals surface area contributed by atoms with Gasteiger partial charge in [0.1, 0.15) is 17.3 Å². The van der Waals surface area contributed by atoms with Crippen LogP contribution in [0.4, 0.5) is 5.69 Å². The Bertz CT molecular complexity index is 1360. The van der Waals surface area contributed by atoms with Crippen molar-refractivity contribution in [3.63, 3.8) is 0 Å². The molecule has 0 unspecified atom stereocenters. The summed E-state index contributed by atoms with van der Waals surface area (Å²) >= 11 is 0. The first kappa shape index (κ1) is 20.1. The van der Waals surface area contributed by atoms with Gasteiger partial charge in [-0.15, -0.1) is 0 Å². The highest BCUT2D eigenvalue weighted by Gasteiger charge is 2.17. The van der Waals surface area contributed by atoms with Gasteiger partial charge in [0.05, 0.1) is 11.4 Å². The summed E-state index contributed by atoms with van der Waals surface area (Å²) in [6.45, 7) is 5.99. The van der Waals surface area contributed by atoms with Crippen molar-refractivity contribution in [2.75, 3.05) is 5.32 Å². The summed E-state index contributed by atoms with van der Waals surface area (Å²) in [5, 5.41) is 12.6. The maximum Gasteiger partial charge on any atom is 0.266 e. The molecular formula is C26H22N4O. The van der Waals surface area contributed by atoms with Gasteiger partial charge in [-0.25, -0.2) is 4.98 Å². The molecule has 0 atom stereocenters. The van der Waals surface area contributed by atoms with E-state index in [1.165, 1.54) is 0 Å². The fourth-order valence-corrected chi connectivity index (χ4v) is 3.47. The molecule has 4 aromatic rings. The van der Waals surface area contributed by atoms with Gasteiger partial charge in [0, 0.05) is 17.4 Å². The Morgan fingerprint density at radius 2 is 1.77 bits per heavy atom. The minimum atomic E-state index is -0.452. The smallest absolute Gasteiger partial charge is 0.266 e. The van der Waals surface area contributed by atoms with Crippen LogP contribution in [0.2, 0.25) is 0 Å². The van der Waals surface area contributed by atoms with Crippen LogP contribution in [0, 0.1) is 32.1 Å². The van der Waals surface area contributed by atoms with Gasteiger partial charge in [-0.05, 0) is 61.7 Å². The van der Waals surface area contributed by atoms with Crippen LogP contribution in [-0.4, -0.2) is 15.3 Å². The molecular weight excluding hydrogens is 384 g/mol. The molecule has 0 spiro atoms. The molecule has 31 heavy (non-hydrogen) atoms. The van der Waals surface area contributed by atoms with Crippen molar-refractivity contribution in [3.05, 3.63) is 94.8 Å². The van der Waals surface area contributed by atoms with Gasteiger partial charge in [-0.1, -0.05) is 42.5 Å². The molecule has 0 saturated carbocycles. The van der Waals surface area contributed by atoms with Gasteiger partial charge < -0.3 is 5.32 Å². The van der Waals surface area contributed by atoms with E-state index in [4.69, 9.17) is 4.98 Å². The number of hydrogen-bond donors (Lipinski definition) is 1. The number of carbonyl (C=O) groups is 1. The maximum absolute atomic E-state index is 12.9. The van der Waals surface area contributed by atoms with E-state index in [1.54, 1.807) is 6.08 Å². The van der Waals surface area contributed by atoms with E-state index < -0.39 is 5.91 Å². The number of fused-ring (bicyclic) bond motifs is 1. The molecule has 2 heterocycles. The highest BCUT2D eigenvalue weighted by Crippen LogP contribution is 2.28. The topological polar surface area (TPSA) is 70.2 Å². The molecule has 0 aliphatic rings. The molecule has 0 saturated heterocycles. The Hall–Kier alpha value is -4.17. The van der Waals surface area contributed by atoms with Crippen LogP contribution in [0.1, 0.15) is 22.4 Å². The van der Waals surface area contributed by atoms with Crippen LogP contribution >= 0.6 is 0 Å². The summed E-state index contributed by atoms with van der Waals surface area (Å²) in [7, 11) is 0. The number of imidazole rings is 1. The number of amides is 1. The van der Waals surface area contributed by atoms with Gasteiger partial charge in [0.2, 0.25) is 0 Å². The molecule has 1 N–H and O–H groups in total. The number of aryl methyl sites for hydroxylation is 3. The predicted octanol–water partition coefficient (Wildman–Crippen LogP) is 5.47. The number of pyridine rings is 1. The van der Waals surface area contributed by atoms with E-state index in [-0.39, 0.29) is 5.57 Å². The highest BCUT2D eigenvalue weighted by molar-refractivity contribution is 6.10. The van der Waals surface area contributed by atoms with Crippen LogP contribution in [0.3, 0.4) is 0 Å². The predicted molar refractivity (Wildman–Crippen MR) is 124 cm³/mol. The molecule has 2 aromatic heterocycles. The second kappa shape index (κ2) is 8.29. The van der Waals surface area contributed by atoms with Crippen LogP contribution in [0.5, 0.6) is 0 Å². The molecule has 0 aliphatic heterocycles. The zero-order valence-corrected chi connectivity index (χ0v) is 17.7. The Kier molecular flexibility index (Phi) is 5.38. The first-order valence-corrected chi connectivity index (χ1v) is 10.0. The molecule has 5 heteroatoms. The standard InChI is InChI=1S/C26H22N4O/c1-17-11-12-22(14-19(17)3)28-26(31)21(16-27)15-23-24(20-9-5-4-6-10-20)29-25-18(2)8-7-13-30(23)25/h4-15H,1-3H3,(H,28,31). The normalized spacial score (nSPS) is 11.4. The Morgan fingerprint density at radius 3 is 2.48 bits per heavy atom. The van der Waals surface area contributed by atoms with Gasteiger partial charge in [-0.2, -0.15) is 5.26 Å². The Labute approximate surface area is 181 Å². The van der Waals surface area contributed by atoms with E-state index in [1.807, 2.05) is 92.0 Å². The molecule has 0 fully saturated rings. The lowest BCUT2D eigenvalue weighted by molar-refractivity contribution is -0.112. The fraction of sp³-hybridized carbons (Fsp3) is 0.115. The third-order valence-electron chi connectivity index (χ3n) is 5.34. The van der Waals surface area contributed by atoms with Gasteiger partial charge >= 0.3 is 0 Å². The van der Waals surface area contributed by atoms with Gasteiger partial charge in [0.25, 0.3) is 5.91 Å². The largest absolute Gasteiger partial charge is 0.321 e. The average Bonchev–Trinajstić information content (AvgIpc) is 3.15. The molecule has 0 aliphatic carbocycles. The maximum atomic E-state index is 12.9. The SMILES string of the molecule is Cc1ccc(NC(=O)C(C#N)=Cc2c(-c3ccccc3)nc3c(C)cccn23)cc1C. The molecule has 1 amide bonds. The van der Waals surface area contributed by atoms with E-state index in [2.05, 4.69) is 11.4 Å². The van der Waals surface area contributed by atoms with Crippen molar-refractivity contribution in [2.24, 2.45) is 0 Å². The third kappa shape index (κ3) is 3.96. The Morgan fingerprint density at radius 1 is 1.00 bits per heavy atom. The first-order chi connectivity index (χ1) is 15.0. The molecule has 5 nitrogen and oxygen atoms in total. The van der Waals surface area contributed by atoms with E-state index in [0.717, 1.165) is 33.6 Å². The summed E-state index contributed by atoms with van der Waals surface area (Å²) in [4.78, 5) is 17.7. The molecule has 2 aromatic carbocycles. The van der Waals surface area contributed by atoms with Crippen molar-refractivity contribution in [1.82, 2.24) is 9.38 Å². The van der Waals surface area contributed by atoms with Crippen molar-refractivity contribution < 1.29 is 4.79 Å². The van der Waals surface area contributed by atoms with Crippen LogP contribution < -0.4 is 5.32 Å². The number of carbonyl (C=O) groups excluding carboxylic acids is 1. The van der Waals surface area contributed by atoms with Crippen molar-refractivity contribution in [1.29, 1.82) is 5.26 Å². The number of aromatic nitrogens is 2. The van der Waals surface area contributed by atoms with Crippen molar-refractivity contribution >= 4 is 23.3 Å². The zero-order valence-electron chi connectivity index (χ0n) is 17.7. The van der Waals surface area contributed by atoms with Crippen molar-refractivity contribution in [3.8, 4) is 17.3 Å². The number of rotatable bonds is 4. The molecule has 0 radical (unpaired) electrons. The third-order valence-corrected chi connectivity index (χ3v) is 5.34. The summed E-state index contributed by atoms with van der Waals surface area (Å²) in [6, 6.07) is 21.4. The lowest BCUT2D eigenvalue weighted by Gasteiger charge is -2.07. The minimum Gasteiger partial charge on any atom is -0.321 e. The average molecular weight is 406 g/mol. The Balaban J connectivity index is 1.81. The zero-order chi connectivity index (χ0) is 22.0. The highest BCUT2D eigenvalue weighted by atomic mass is 16.1. The lowest BCUT2D eigenvalue weighted by atomic mass is 10.1. The summed E-state index contributed by atoms with van der Waals surface area (Å²) in [5.41, 5.74) is 7.02. The van der Waals surface area contributed by atoms with Crippen molar-refractivity contribution in [2.45, 2.75) is 20.8 Å². The van der Waals surface area contributed by atoms with E-state index in [0.29, 0.717) is 11.4 Å². The van der Waals surface area contributed by atoms with Crippen LogP contribution in [-0.2, 0) is 4.79 Å². The summed E-state index contributed by atoms with van der Waals surface area (Å²) in [5.74, 6) is -0.452. The number of nitriles is 1. The van der Waals surface area contributed by atoms with E-state index >= 15 is 0 Å². The number of benzene rings is 2. The monoisotopic (exact) mass is 406 g/mol. The fourth-order valence-electron chi connectivity index (χ4n) is 3.47. The lowest BCUT2D eigenvalue weighted by Crippen LogP contribution is -2.13. The number of nitrogens with zero attached hydrogens (tertiary/aromatic N) is 3. The second-order valence-electron chi connectivity index (χ2n) is 7.52. The second-order valence-corrected chi connectivity index (χ2v) is 7.52. The molecule has 4 rings (SSSR count). The summed E-state index contributed by atoms with van der Waals surface area (Å²) < 4.78 is 1.91. The van der Waals surface area contributed by atoms with Gasteiger partial charge in [-0.3, -0.25) is 9.20 Å². The number of nitrogens with one attached hydrogen (secondary N) is 1. The van der Waals surface area contributed by atoms with Gasteiger partial charge in [0.15, 0.2) is 0 Å². The minimum absolute atomic E-state index is 0.0127. The van der Waals surface area contributed by atoms with Crippen LogP contribution in [0.15, 0.2) is 72.4 Å². The first-order valence-electron chi connectivity index (χ1n) is 10.0. The van der Waals surface area contributed by atoms with Crippen LogP contribution in [0.25, 0.3) is 23.0 Å². The summed E-state index contributed by atoms with van der Waals surface area (Å²) in [6.07, 6.45) is 3.50. The molecule has 152 valence electrons. The number of anilines is 1. The molecule has 0 bridgehead atoms.